The number of hydrogen-bond acceptors (Lipinski definition) is 3. The normalized spacial score (nSPS) is 22.8. The number of ether oxygens (including phenoxy) is 1. The van der Waals surface area contributed by atoms with Crippen molar-refractivity contribution in [1.29, 1.82) is 0 Å². The van der Waals surface area contributed by atoms with E-state index >= 15 is 0 Å². The summed E-state index contributed by atoms with van der Waals surface area (Å²) < 4.78 is 5.55. The maximum Gasteiger partial charge on any atom is 0.141 e. The van der Waals surface area contributed by atoms with Gasteiger partial charge < -0.3 is 10.5 Å². The fourth-order valence-electron chi connectivity index (χ4n) is 1.75. The van der Waals surface area contributed by atoms with Crippen molar-refractivity contribution in [2.45, 2.75) is 12.8 Å². The third kappa shape index (κ3) is 2.74. The topological polar surface area (TPSA) is 48.1 Å². The Bertz CT molecular complexity index is 309. The zero-order valence-electron chi connectivity index (χ0n) is 8.55. The Kier molecular flexibility index (Phi) is 5.95. The minimum atomic E-state index is 0. The van der Waals surface area contributed by atoms with Crippen LogP contribution in [0.3, 0.4) is 0 Å². The highest BCUT2D eigenvalue weighted by molar-refractivity contribution is 5.85. The number of rotatable bonds is 1. The van der Waals surface area contributed by atoms with Gasteiger partial charge in [0, 0.05) is 18.7 Å². The summed E-state index contributed by atoms with van der Waals surface area (Å²) in [6.45, 7) is 3.55. The highest BCUT2D eigenvalue weighted by Crippen LogP contribution is 2.33. The SMILES string of the molecule is C[C@@H]1COc2cccnc2[C@@H]1CN.Cl.Cl. The van der Waals surface area contributed by atoms with Crippen LogP contribution < -0.4 is 10.5 Å². The Morgan fingerprint density at radius 2 is 2.27 bits per heavy atom. The average Bonchev–Trinajstić information content (AvgIpc) is 2.18. The van der Waals surface area contributed by atoms with Crippen molar-refractivity contribution < 1.29 is 4.74 Å². The molecule has 2 rings (SSSR count). The van der Waals surface area contributed by atoms with Crippen molar-refractivity contribution in [3.05, 3.63) is 24.0 Å². The molecule has 1 aromatic heterocycles. The monoisotopic (exact) mass is 250 g/mol. The molecular weight excluding hydrogens is 235 g/mol. The van der Waals surface area contributed by atoms with E-state index in [9.17, 15) is 0 Å². The van der Waals surface area contributed by atoms with Gasteiger partial charge in [0.2, 0.25) is 0 Å². The maximum absolute atomic E-state index is 5.71. The molecule has 0 aromatic carbocycles. The number of pyridine rings is 1. The van der Waals surface area contributed by atoms with Crippen LogP contribution in [-0.4, -0.2) is 18.1 Å². The molecule has 0 saturated heterocycles. The first-order valence-corrected chi connectivity index (χ1v) is 4.60. The van der Waals surface area contributed by atoms with E-state index in [1.54, 1.807) is 6.20 Å². The average molecular weight is 251 g/mol. The number of halogens is 2. The van der Waals surface area contributed by atoms with Crippen molar-refractivity contribution in [2.75, 3.05) is 13.2 Å². The highest BCUT2D eigenvalue weighted by Gasteiger charge is 2.27. The van der Waals surface area contributed by atoms with Crippen molar-refractivity contribution in [2.24, 2.45) is 11.7 Å². The third-order valence-corrected chi connectivity index (χ3v) is 2.59. The summed E-state index contributed by atoms with van der Waals surface area (Å²) in [7, 11) is 0. The van der Waals surface area contributed by atoms with Crippen LogP contribution in [0.1, 0.15) is 18.5 Å². The number of fused-ring (bicyclic) bond motifs is 1. The minimum absolute atomic E-state index is 0. The Balaban J connectivity index is 0.000000980. The van der Waals surface area contributed by atoms with E-state index in [0.717, 1.165) is 18.1 Å². The van der Waals surface area contributed by atoms with E-state index in [1.807, 2.05) is 12.1 Å². The third-order valence-electron chi connectivity index (χ3n) is 2.59. The first-order valence-electron chi connectivity index (χ1n) is 4.60. The van der Waals surface area contributed by atoms with E-state index in [-0.39, 0.29) is 24.8 Å². The lowest BCUT2D eigenvalue weighted by Gasteiger charge is -2.29. The van der Waals surface area contributed by atoms with Crippen LogP contribution in [0.2, 0.25) is 0 Å². The van der Waals surface area contributed by atoms with Crippen LogP contribution in [0.4, 0.5) is 0 Å². The van der Waals surface area contributed by atoms with Crippen LogP contribution in [0, 0.1) is 5.92 Å². The first kappa shape index (κ1) is 14.5. The van der Waals surface area contributed by atoms with Gasteiger partial charge in [0.05, 0.1) is 12.3 Å². The molecule has 0 unspecified atom stereocenters. The zero-order chi connectivity index (χ0) is 9.26. The predicted molar refractivity (Wildman–Crippen MR) is 65.2 cm³/mol. The standard InChI is InChI=1S/C10H14N2O.2ClH/c1-7-6-13-9-3-2-4-12-10(9)8(7)5-11;;/h2-4,7-8H,5-6,11H2,1H3;2*1H/t7-,8-;;/m1../s1. The Labute approximate surface area is 102 Å². The van der Waals surface area contributed by atoms with E-state index in [2.05, 4.69) is 11.9 Å². The Morgan fingerprint density at radius 3 is 2.93 bits per heavy atom. The molecular formula is C10H16Cl2N2O. The van der Waals surface area contributed by atoms with Gasteiger partial charge in [-0.2, -0.15) is 0 Å². The molecule has 0 spiro atoms. The molecule has 0 amide bonds. The van der Waals surface area contributed by atoms with Crippen molar-refractivity contribution in [3.8, 4) is 5.75 Å². The number of nitrogens with two attached hydrogens (primary N) is 1. The summed E-state index contributed by atoms with van der Waals surface area (Å²) in [5.41, 5.74) is 6.73. The van der Waals surface area contributed by atoms with Gasteiger partial charge >= 0.3 is 0 Å². The molecule has 2 N–H and O–H groups in total. The second-order valence-electron chi connectivity index (χ2n) is 3.52. The van der Waals surface area contributed by atoms with Crippen LogP contribution in [0.25, 0.3) is 0 Å². The molecule has 86 valence electrons. The van der Waals surface area contributed by atoms with Gasteiger partial charge in [-0.25, -0.2) is 0 Å². The molecule has 0 radical (unpaired) electrons. The first-order chi connectivity index (χ1) is 6.33. The van der Waals surface area contributed by atoms with E-state index in [1.165, 1.54) is 0 Å². The number of hydrogen-bond donors (Lipinski definition) is 1. The largest absolute Gasteiger partial charge is 0.491 e. The van der Waals surface area contributed by atoms with E-state index in [4.69, 9.17) is 10.5 Å². The fourth-order valence-corrected chi connectivity index (χ4v) is 1.75. The Morgan fingerprint density at radius 1 is 1.53 bits per heavy atom. The minimum Gasteiger partial charge on any atom is -0.491 e. The van der Waals surface area contributed by atoms with Gasteiger partial charge in [0.25, 0.3) is 0 Å². The molecule has 3 nitrogen and oxygen atoms in total. The summed E-state index contributed by atoms with van der Waals surface area (Å²) in [6.07, 6.45) is 1.79. The summed E-state index contributed by atoms with van der Waals surface area (Å²) in [5.74, 6) is 1.72. The lowest BCUT2D eigenvalue weighted by Crippen LogP contribution is -2.29. The van der Waals surface area contributed by atoms with Crippen molar-refractivity contribution in [3.63, 3.8) is 0 Å². The van der Waals surface area contributed by atoms with Gasteiger partial charge in [-0.05, 0) is 18.1 Å². The van der Waals surface area contributed by atoms with Gasteiger partial charge in [-0.15, -0.1) is 24.8 Å². The quantitative estimate of drug-likeness (QED) is 0.830. The lowest BCUT2D eigenvalue weighted by atomic mass is 9.89. The van der Waals surface area contributed by atoms with Crippen LogP contribution in [-0.2, 0) is 0 Å². The Hall–Kier alpha value is -0.510. The van der Waals surface area contributed by atoms with E-state index < -0.39 is 0 Å². The van der Waals surface area contributed by atoms with Crippen LogP contribution in [0.15, 0.2) is 18.3 Å². The molecule has 2 heterocycles. The molecule has 0 aliphatic carbocycles. The van der Waals surface area contributed by atoms with Crippen LogP contribution in [0.5, 0.6) is 5.75 Å². The maximum atomic E-state index is 5.71. The molecule has 5 heteroatoms. The van der Waals surface area contributed by atoms with Gasteiger partial charge in [0.15, 0.2) is 0 Å². The smallest absolute Gasteiger partial charge is 0.141 e. The highest BCUT2D eigenvalue weighted by atomic mass is 35.5. The van der Waals surface area contributed by atoms with Gasteiger partial charge in [-0.3, -0.25) is 4.98 Å². The van der Waals surface area contributed by atoms with Gasteiger partial charge in [-0.1, -0.05) is 6.92 Å². The molecule has 2 atom stereocenters. The summed E-state index contributed by atoms with van der Waals surface area (Å²) in [4.78, 5) is 4.32. The molecule has 1 aromatic rings. The molecule has 1 aliphatic heterocycles. The summed E-state index contributed by atoms with van der Waals surface area (Å²) in [5, 5.41) is 0. The van der Waals surface area contributed by atoms with Gasteiger partial charge in [0.1, 0.15) is 5.75 Å². The molecule has 0 fully saturated rings. The summed E-state index contributed by atoms with van der Waals surface area (Å²) >= 11 is 0. The fraction of sp³-hybridized carbons (Fsp3) is 0.500. The van der Waals surface area contributed by atoms with Crippen molar-refractivity contribution in [1.82, 2.24) is 4.98 Å². The number of aromatic nitrogens is 1. The lowest BCUT2D eigenvalue weighted by molar-refractivity contribution is 0.203. The summed E-state index contributed by atoms with van der Waals surface area (Å²) in [6, 6.07) is 3.85. The van der Waals surface area contributed by atoms with E-state index in [0.29, 0.717) is 18.4 Å². The number of nitrogens with zero attached hydrogens (tertiary/aromatic N) is 1. The molecule has 0 saturated carbocycles. The zero-order valence-corrected chi connectivity index (χ0v) is 10.2. The predicted octanol–water partition coefficient (Wildman–Crippen LogP) is 2.00. The molecule has 0 bridgehead atoms. The second kappa shape index (κ2) is 6.16. The van der Waals surface area contributed by atoms with Crippen LogP contribution >= 0.6 is 24.8 Å². The second-order valence-corrected chi connectivity index (χ2v) is 3.52. The molecule has 1 aliphatic rings. The molecule has 15 heavy (non-hydrogen) atoms. The van der Waals surface area contributed by atoms with Crippen molar-refractivity contribution >= 4 is 24.8 Å².